The fourth-order valence-electron chi connectivity index (χ4n) is 0.401. The molecule has 0 aliphatic rings. The topological polar surface area (TPSA) is 40.5 Å². The van der Waals surface area contributed by atoms with Crippen LogP contribution in [0.15, 0.2) is 11.6 Å². The molecule has 0 rings (SSSR count). The molecule has 1 unspecified atom stereocenters. The maximum atomic E-state index is 8.76. The van der Waals surface area contributed by atoms with Gasteiger partial charge in [-0.15, -0.1) is 0 Å². The molecule has 0 bridgehead atoms. The van der Waals surface area contributed by atoms with E-state index in [1.54, 1.807) is 0 Å². The van der Waals surface area contributed by atoms with Gasteiger partial charge in [-0.05, 0) is 0 Å². The number of hydrogen-bond donors (Lipinski definition) is 2. The predicted octanol–water partition coefficient (Wildman–Crippen LogP) is 0.815. The average Bonchev–Trinajstić information content (AvgIpc) is 1.84. The molecule has 0 spiro atoms. The van der Waals surface area contributed by atoms with Crippen molar-refractivity contribution in [1.29, 1.82) is 0 Å². The summed E-state index contributed by atoms with van der Waals surface area (Å²) in [5, 5.41) is 0. The van der Waals surface area contributed by atoms with Crippen molar-refractivity contribution < 1.29 is 8.38 Å². The summed E-state index contributed by atoms with van der Waals surface area (Å²) < 4.78 is 17.5. The first-order valence-electron chi connectivity index (χ1n) is 2.83. The first-order valence-corrected chi connectivity index (χ1v) is 5.35. The number of rotatable bonds is 2. The first-order chi connectivity index (χ1) is 4.09. The van der Waals surface area contributed by atoms with E-state index >= 15 is 0 Å². The second-order valence-electron chi connectivity index (χ2n) is 1.97. The molecule has 0 saturated heterocycles. The van der Waals surface area contributed by atoms with Gasteiger partial charge in [0.05, 0.1) is 0 Å². The molecule has 2 N–H and O–H groups in total. The van der Waals surface area contributed by atoms with E-state index in [-0.39, 0.29) is 4.82 Å². The fourth-order valence-corrected chi connectivity index (χ4v) is 1.38. The summed E-state index contributed by atoms with van der Waals surface area (Å²) in [6.45, 7) is 5.65. The zero-order valence-electron chi connectivity index (χ0n) is 5.96. The van der Waals surface area contributed by atoms with Crippen molar-refractivity contribution in [1.82, 2.24) is 0 Å². The Morgan fingerprint density at radius 2 is 2.00 bits per heavy atom. The molecule has 0 heterocycles. The van der Waals surface area contributed by atoms with Crippen LogP contribution in [0.4, 0.5) is 0 Å². The normalized spacial score (nSPS) is 16.4. The number of hydrogen-bond acceptors (Lipinski definition) is 2. The molecule has 0 aromatic carbocycles. The van der Waals surface area contributed by atoms with Crippen molar-refractivity contribution in [2.75, 3.05) is 0 Å². The van der Waals surface area contributed by atoms with Crippen molar-refractivity contribution >= 4 is 14.6 Å². The zero-order chi connectivity index (χ0) is 7.44. The van der Waals surface area contributed by atoms with E-state index < -0.39 is 14.6 Å². The second kappa shape index (κ2) is 4.07. The molecule has 3 heteroatoms. The van der Waals surface area contributed by atoms with Gasteiger partial charge in [0, 0.05) is 0 Å². The molecule has 55 valence electrons. The summed E-state index contributed by atoms with van der Waals surface area (Å²) in [6, 6.07) is 0. The third-order valence-electron chi connectivity index (χ3n) is 1.41. The summed E-state index contributed by atoms with van der Waals surface area (Å²) in [5.41, 5.74) is 1.06. The monoisotopic (exact) mass is 197 g/mol. The quantitative estimate of drug-likeness (QED) is 0.507. The van der Waals surface area contributed by atoms with Crippen molar-refractivity contribution in [3.05, 3.63) is 11.6 Å². The Labute approximate surface area is 60.7 Å². The van der Waals surface area contributed by atoms with E-state index in [4.69, 9.17) is 8.38 Å². The predicted molar refractivity (Wildman–Crippen MR) is 39.0 cm³/mol. The van der Waals surface area contributed by atoms with Crippen LogP contribution in [0.3, 0.4) is 0 Å². The van der Waals surface area contributed by atoms with Crippen molar-refractivity contribution in [2.45, 2.75) is 25.6 Å². The van der Waals surface area contributed by atoms with Crippen molar-refractivity contribution in [3.8, 4) is 0 Å². The molecule has 9 heavy (non-hydrogen) atoms. The second-order valence-corrected chi connectivity index (χ2v) is 4.68. The molecule has 1 atom stereocenters. The van der Waals surface area contributed by atoms with E-state index in [0.717, 1.165) is 5.57 Å². The van der Waals surface area contributed by atoms with E-state index in [2.05, 4.69) is 0 Å². The molecule has 0 saturated carbocycles. The van der Waals surface area contributed by atoms with Gasteiger partial charge in [-0.2, -0.15) is 0 Å². The van der Waals surface area contributed by atoms with Crippen molar-refractivity contribution in [3.63, 3.8) is 0 Å². The Morgan fingerprint density at radius 3 is 2.11 bits per heavy atom. The van der Waals surface area contributed by atoms with Crippen LogP contribution in [0.2, 0.25) is 4.82 Å². The fraction of sp³-hybridized carbons (Fsp3) is 0.667. The van der Waals surface area contributed by atoms with Gasteiger partial charge in [0.15, 0.2) is 0 Å². The Balaban J connectivity index is 3.88. The Bertz CT molecular complexity index is 110. The molecule has 0 fully saturated rings. The Kier molecular flexibility index (Phi) is 4.15. The third kappa shape index (κ3) is 3.01. The van der Waals surface area contributed by atoms with Crippen LogP contribution in [-0.2, 0) is 0 Å². The van der Waals surface area contributed by atoms with Crippen LogP contribution in [0.25, 0.3) is 0 Å². The van der Waals surface area contributed by atoms with Crippen molar-refractivity contribution in [2.24, 2.45) is 0 Å². The van der Waals surface area contributed by atoms with E-state index in [1.807, 2.05) is 26.8 Å². The van der Waals surface area contributed by atoms with Crippen LogP contribution < -0.4 is 0 Å². The van der Waals surface area contributed by atoms with Gasteiger partial charge < -0.3 is 0 Å². The van der Waals surface area contributed by atoms with Gasteiger partial charge in [-0.3, -0.25) is 0 Å². The third-order valence-corrected chi connectivity index (χ3v) is 3.52. The van der Waals surface area contributed by atoms with E-state index in [9.17, 15) is 0 Å². The van der Waals surface area contributed by atoms with E-state index in [1.165, 1.54) is 0 Å². The molecular weight excluding hydrogens is 183 g/mol. The number of allylic oxidation sites excluding steroid dienone is 2. The van der Waals surface area contributed by atoms with Gasteiger partial charge in [0.25, 0.3) is 0 Å². The zero-order valence-corrected chi connectivity index (χ0v) is 7.67. The standard InChI is InChI=1S/C6H13O2Se/c1-4-5(2)6(3)9(7)8/h4,6-8H,1-3H3/b5-4+. The van der Waals surface area contributed by atoms with Gasteiger partial charge >= 0.3 is 60.2 Å². The summed E-state index contributed by atoms with van der Waals surface area (Å²) in [7, 11) is 0. The Hall–Kier alpha value is 0.179. The molecule has 1 radical (unpaired) electrons. The SMILES string of the molecule is C/C=C(\C)C(C)[Se](O)O. The van der Waals surface area contributed by atoms with Crippen LogP contribution in [0, 0.1) is 0 Å². The maximum absolute atomic E-state index is 8.76. The van der Waals surface area contributed by atoms with E-state index in [0.29, 0.717) is 0 Å². The van der Waals surface area contributed by atoms with Gasteiger partial charge in [-0.1, -0.05) is 0 Å². The summed E-state index contributed by atoms with van der Waals surface area (Å²) >= 11 is -2.29. The first kappa shape index (κ1) is 9.18. The summed E-state index contributed by atoms with van der Waals surface area (Å²) in [4.78, 5) is -0.0185. The minimum atomic E-state index is -2.29. The molecule has 0 aromatic rings. The van der Waals surface area contributed by atoms with Crippen LogP contribution in [0.1, 0.15) is 20.8 Å². The molecule has 2 nitrogen and oxygen atoms in total. The molecular formula is C6H13O2Se. The van der Waals surface area contributed by atoms with Crippen LogP contribution in [-0.4, -0.2) is 22.9 Å². The van der Waals surface area contributed by atoms with Gasteiger partial charge in [-0.25, -0.2) is 0 Å². The average molecular weight is 196 g/mol. The molecule has 0 aliphatic carbocycles. The van der Waals surface area contributed by atoms with Gasteiger partial charge in [0.1, 0.15) is 0 Å². The van der Waals surface area contributed by atoms with Gasteiger partial charge in [0.2, 0.25) is 0 Å². The summed E-state index contributed by atoms with van der Waals surface area (Å²) in [5.74, 6) is 0. The molecule has 0 aromatic heterocycles. The minimum absolute atomic E-state index is 0.0185. The molecule has 0 amide bonds. The Morgan fingerprint density at radius 1 is 1.56 bits per heavy atom. The van der Waals surface area contributed by atoms with Crippen LogP contribution in [0.5, 0.6) is 0 Å². The summed E-state index contributed by atoms with van der Waals surface area (Å²) in [6.07, 6.45) is 1.91. The van der Waals surface area contributed by atoms with Crippen LogP contribution >= 0.6 is 0 Å². The molecule has 0 aliphatic heterocycles.